The van der Waals surface area contributed by atoms with Gasteiger partial charge >= 0.3 is 0 Å². The molecule has 0 aromatic heterocycles. The Hall–Kier alpha value is -2.78. The Labute approximate surface area is 132 Å². The van der Waals surface area contributed by atoms with E-state index in [1.54, 1.807) is 6.92 Å². The molecule has 0 amide bonds. The molecule has 0 spiro atoms. The summed E-state index contributed by atoms with van der Waals surface area (Å²) in [6.45, 7) is 1.74. The molecule has 120 valence electrons. The second kappa shape index (κ2) is 6.55. The highest BCUT2D eigenvalue weighted by atomic mass is 32.2. The zero-order valence-corrected chi connectivity index (χ0v) is 12.9. The smallest absolute Gasteiger partial charge is 0.271 e. The van der Waals surface area contributed by atoms with Crippen LogP contribution in [0.2, 0.25) is 0 Å². The van der Waals surface area contributed by atoms with Gasteiger partial charge in [0.1, 0.15) is 5.69 Å². The molecule has 0 radical (unpaired) electrons. The summed E-state index contributed by atoms with van der Waals surface area (Å²) in [5.74, 6) is 0. The van der Waals surface area contributed by atoms with Crippen molar-refractivity contribution in [3.63, 3.8) is 0 Å². The van der Waals surface area contributed by atoms with Gasteiger partial charge in [0, 0.05) is 6.07 Å². The molecule has 23 heavy (non-hydrogen) atoms. The maximum Gasteiger partial charge on any atom is 0.295 e. The third kappa shape index (κ3) is 4.11. The number of anilines is 1. The van der Waals surface area contributed by atoms with Gasteiger partial charge in [-0.2, -0.15) is 5.10 Å². The molecule has 0 aliphatic rings. The average molecular weight is 334 g/mol. The van der Waals surface area contributed by atoms with Gasteiger partial charge in [-0.05, 0) is 24.6 Å². The monoisotopic (exact) mass is 334 g/mol. The van der Waals surface area contributed by atoms with Gasteiger partial charge in [0.25, 0.3) is 5.69 Å². The first-order valence-corrected chi connectivity index (χ1v) is 8.00. The minimum Gasteiger partial charge on any atom is -0.271 e. The van der Waals surface area contributed by atoms with Crippen LogP contribution in [-0.2, 0) is 10.0 Å². The van der Waals surface area contributed by atoms with E-state index in [2.05, 4.69) is 10.5 Å². The maximum absolute atomic E-state index is 11.3. The van der Waals surface area contributed by atoms with E-state index in [1.165, 1.54) is 12.1 Å². The van der Waals surface area contributed by atoms with Crippen molar-refractivity contribution in [1.29, 1.82) is 0 Å². The first-order valence-electron chi connectivity index (χ1n) is 6.46. The average Bonchev–Trinajstić information content (AvgIpc) is 2.52. The van der Waals surface area contributed by atoms with Gasteiger partial charge in [0.15, 0.2) is 0 Å². The molecule has 0 fully saturated rings. The van der Waals surface area contributed by atoms with Crippen LogP contribution in [0.25, 0.3) is 0 Å². The third-order valence-electron chi connectivity index (χ3n) is 3.03. The summed E-state index contributed by atoms with van der Waals surface area (Å²) < 4.78 is 22.6. The van der Waals surface area contributed by atoms with Crippen LogP contribution in [0, 0.1) is 10.1 Å². The standard InChI is InChI=1S/C14H14N4O4S/c1-10(11-5-3-2-4-6-11)16-17-13-8-7-12(23(15,21)22)9-14(13)18(19)20/h2-9,17H,1H3,(H2,15,21,22)/b16-10-. The lowest BCUT2D eigenvalue weighted by molar-refractivity contribution is -0.384. The van der Waals surface area contributed by atoms with Crippen molar-refractivity contribution in [2.24, 2.45) is 10.2 Å². The molecule has 0 aliphatic heterocycles. The molecule has 9 heteroatoms. The zero-order valence-electron chi connectivity index (χ0n) is 12.1. The topological polar surface area (TPSA) is 128 Å². The van der Waals surface area contributed by atoms with Crippen LogP contribution in [0.4, 0.5) is 11.4 Å². The van der Waals surface area contributed by atoms with Crippen molar-refractivity contribution in [1.82, 2.24) is 0 Å². The summed E-state index contributed by atoms with van der Waals surface area (Å²) in [5.41, 5.74) is 3.69. The molecule has 0 bridgehead atoms. The quantitative estimate of drug-likeness (QED) is 0.491. The predicted octanol–water partition coefficient (Wildman–Crippen LogP) is 2.08. The number of hydrazone groups is 1. The molecule has 2 aromatic rings. The SMILES string of the molecule is C/C(=N/Nc1ccc(S(N)(=O)=O)cc1[N+](=O)[O-])c1ccccc1. The summed E-state index contributed by atoms with van der Waals surface area (Å²) in [6, 6.07) is 12.6. The molecule has 8 nitrogen and oxygen atoms in total. The number of primary sulfonamides is 1. The number of hydrogen-bond acceptors (Lipinski definition) is 6. The van der Waals surface area contributed by atoms with Crippen LogP contribution in [0.15, 0.2) is 58.5 Å². The fourth-order valence-corrected chi connectivity index (χ4v) is 2.36. The molecule has 2 rings (SSSR count). The number of nitro benzene ring substituents is 1. The lowest BCUT2D eigenvalue weighted by atomic mass is 10.1. The fraction of sp³-hybridized carbons (Fsp3) is 0.0714. The summed E-state index contributed by atoms with van der Waals surface area (Å²) in [7, 11) is -4.02. The van der Waals surface area contributed by atoms with Crippen molar-refractivity contribution >= 4 is 27.1 Å². The zero-order chi connectivity index (χ0) is 17.0. The van der Waals surface area contributed by atoms with Gasteiger partial charge < -0.3 is 0 Å². The molecule has 0 saturated carbocycles. The van der Waals surface area contributed by atoms with Crippen LogP contribution < -0.4 is 10.6 Å². The van der Waals surface area contributed by atoms with Gasteiger partial charge in [-0.25, -0.2) is 13.6 Å². The molecule has 0 saturated heterocycles. The number of hydrogen-bond donors (Lipinski definition) is 2. The fourth-order valence-electron chi connectivity index (χ4n) is 1.82. The minimum absolute atomic E-state index is 0.0673. The second-order valence-electron chi connectivity index (χ2n) is 4.66. The minimum atomic E-state index is -4.02. The molecular weight excluding hydrogens is 320 g/mol. The third-order valence-corrected chi connectivity index (χ3v) is 3.94. The Balaban J connectivity index is 2.35. The Morgan fingerprint density at radius 1 is 1.22 bits per heavy atom. The Morgan fingerprint density at radius 3 is 2.43 bits per heavy atom. The molecule has 0 atom stereocenters. The Bertz CT molecular complexity index is 864. The van der Waals surface area contributed by atoms with Gasteiger partial charge in [-0.3, -0.25) is 15.5 Å². The van der Waals surface area contributed by atoms with Gasteiger partial charge in [0.2, 0.25) is 10.0 Å². The number of benzene rings is 2. The number of nitrogens with one attached hydrogen (secondary N) is 1. The maximum atomic E-state index is 11.3. The van der Waals surface area contributed by atoms with Crippen LogP contribution in [0.5, 0.6) is 0 Å². The van der Waals surface area contributed by atoms with Crippen LogP contribution in [-0.4, -0.2) is 19.1 Å². The first kappa shape index (κ1) is 16.6. The highest BCUT2D eigenvalue weighted by Crippen LogP contribution is 2.27. The van der Waals surface area contributed by atoms with E-state index < -0.39 is 20.6 Å². The number of nitrogens with two attached hydrogens (primary N) is 1. The van der Waals surface area contributed by atoms with E-state index in [4.69, 9.17) is 5.14 Å². The van der Waals surface area contributed by atoms with Crippen LogP contribution in [0.3, 0.4) is 0 Å². The highest BCUT2D eigenvalue weighted by molar-refractivity contribution is 7.89. The van der Waals surface area contributed by atoms with Crippen molar-refractivity contribution < 1.29 is 13.3 Å². The van der Waals surface area contributed by atoms with Gasteiger partial charge in [-0.1, -0.05) is 30.3 Å². The summed E-state index contributed by atoms with van der Waals surface area (Å²) in [6.07, 6.45) is 0. The van der Waals surface area contributed by atoms with Crippen molar-refractivity contribution in [2.75, 3.05) is 5.43 Å². The van der Waals surface area contributed by atoms with Crippen molar-refractivity contribution in [2.45, 2.75) is 11.8 Å². The molecule has 0 unspecified atom stereocenters. The highest BCUT2D eigenvalue weighted by Gasteiger charge is 2.18. The van der Waals surface area contributed by atoms with Crippen LogP contribution in [0.1, 0.15) is 12.5 Å². The van der Waals surface area contributed by atoms with E-state index in [9.17, 15) is 18.5 Å². The van der Waals surface area contributed by atoms with Gasteiger partial charge in [0.05, 0.1) is 15.5 Å². The Morgan fingerprint density at radius 2 is 1.87 bits per heavy atom. The Kier molecular flexibility index (Phi) is 4.72. The predicted molar refractivity (Wildman–Crippen MR) is 86.7 cm³/mol. The largest absolute Gasteiger partial charge is 0.295 e. The number of rotatable bonds is 5. The molecule has 3 N–H and O–H groups in total. The van der Waals surface area contributed by atoms with E-state index in [1.807, 2.05) is 30.3 Å². The lowest BCUT2D eigenvalue weighted by Gasteiger charge is -2.06. The van der Waals surface area contributed by atoms with Crippen molar-refractivity contribution in [3.8, 4) is 0 Å². The normalized spacial score (nSPS) is 12.0. The number of nitrogens with zero attached hydrogens (tertiary/aromatic N) is 2. The van der Waals surface area contributed by atoms with E-state index in [-0.39, 0.29) is 10.6 Å². The first-order chi connectivity index (χ1) is 10.8. The summed E-state index contributed by atoms with van der Waals surface area (Å²) in [4.78, 5) is 10.1. The molecule has 0 heterocycles. The number of nitro groups is 1. The molecule has 2 aromatic carbocycles. The van der Waals surface area contributed by atoms with E-state index >= 15 is 0 Å². The summed E-state index contributed by atoms with van der Waals surface area (Å²) >= 11 is 0. The van der Waals surface area contributed by atoms with E-state index in [0.717, 1.165) is 11.6 Å². The lowest BCUT2D eigenvalue weighted by Crippen LogP contribution is -2.12. The number of sulfonamides is 1. The van der Waals surface area contributed by atoms with E-state index in [0.29, 0.717) is 5.71 Å². The summed E-state index contributed by atoms with van der Waals surface area (Å²) in [5, 5.41) is 20.2. The second-order valence-corrected chi connectivity index (χ2v) is 6.22. The molecule has 0 aliphatic carbocycles. The van der Waals surface area contributed by atoms with Crippen LogP contribution >= 0.6 is 0 Å². The molecular formula is C14H14N4O4S. The van der Waals surface area contributed by atoms with Crippen molar-refractivity contribution in [3.05, 3.63) is 64.2 Å². The van der Waals surface area contributed by atoms with Gasteiger partial charge in [-0.15, -0.1) is 0 Å².